The number of hydrogen-bond donors (Lipinski definition) is 1. The normalized spacial score (nSPS) is 18.8. The van der Waals surface area contributed by atoms with Crippen LogP contribution in [-0.2, 0) is 4.79 Å². The van der Waals surface area contributed by atoms with Gasteiger partial charge in [0.1, 0.15) is 24.4 Å². The topological polar surface area (TPSA) is 79.8 Å². The molecule has 31 heavy (non-hydrogen) atoms. The molecule has 4 rings (SSSR count). The van der Waals surface area contributed by atoms with E-state index in [4.69, 9.17) is 14.5 Å². The van der Waals surface area contributed by atoms with Crippen LogP contribution in [0.5, 0.6) is 11.5 Å². The van der Waals surface area contributed by atoms with E-state index in [0.717, 1.165) is 55.0 Å². The van der Waals surface area contributed by atoms with Gasteiger partial charge in [-0.2, -0.15) is 0 Å². The lowest BCUT2D eigenvalue weighted by Crippen LogP contribution is -2.51. The zero-order valence-electron chi connectivity index (χ0n) is 18.5. The number of aryl methyl sites for hydroxylation is 1. The van der Waals surface area contributed by atoms with Gasteiger partial charge in [-0.25, -0.2) is 9.97 Å². The Hall–Kier alpha value is -2.87. The van der Waals surface area contributed by atoms with Gasteiger partial charge in [0.25, 0.3) is 0 Å². The van der Waals surface area contributed by atoms with E-state index in [1.165, 1.54) is 0 Å². The van der Waals surface area contributed by atoms with Crippen LogP contribution in [0.15, 0.2) is 30.3 Å². The van der Waals surface area contributed by atoms with Gasteiger partial charge in [-0.3, -0.25) is 9.69 Å². The van der Waals surface area contributed by atoms with Gasteiger partial charge >= 0.3 is 0 Å². The number of fused-ring (bicyclic) bond motifs is 1. The van der Waals surface area contributed by atoms with Crippen molar-refractivity contribution in [1.82, 2.24) is 20.2 Å². The van der Waals surface area contributed by atoms with Crippen LogP contribution in [0.4, 0.5) is 5.82 Å². The molecule has 1 fully saturated rings. The molecule has 1 amide bonds. The first-order valence-electron chi connectivity index (χ1n) is 11.0. The Morgan fingerprint density at radius 2 is 1.90 bits per heavy atom. The summed E-state index contributed by atoms with van der Waals surface area (Å²) < 4.78 is 11.6. The summed E-state index contributed by atoms with van der Waals surface area (Å²) >= 11 is 0. The van der Waals surface area contributed by atoms with Crippen molar-refractivity contribution in [3.05, 3.63) is 41.9 Å². The molecule has 0 bridgehead atoms. The largest absolute Gasteiger partial charge is 0.486 e. The van der Waals surface area contributed by atoms with Crippen LogP contribution in [0, 0.1) is 6.92 Å². The fourth-order valence-corrected chi connectivity index (χ4v) is 3.78. The Morgan fingerprint density at radius 3 is 2.65 bits per heavy atom. The van der Waals surface area contributed by atoms with Crippen LogP contribution in [-0.4, -0.2) is 72.8 Å². The highest BCUT2D eigenvalue weighted by atomic mass is 16.6. The first kappa shape index (κ1) is 21.4. The third kappa shape index (κ3) is 5.44. The van der Waals surface area contributed by atoms with Gasteiger partial charge in [0, 0.05) is 43.9 Å². The lowest BCUT2D eigenvalue weighted by Gasteiger charge is -2.35. The average Bonchev–Trinajstić information content (AvgIpc) is 2.77. The van der Waals surface area contributed by atoms with Gasteiger partial charge in [0.15, 0.2) is 11.5 Å². The highest BCUT2D eigenvalue weighted by Gasteiger charge is 2.23. The minimum atomic E-state index is -0.174. The summed E-state index contributed by atoms with van der Waals surface area (Å²) in [5.41, 5.74) is 0.993. The Morgan fingerprint density at radius 1 is 1.16 bits per heavy atom. The van der Waals surface area contributed by atoms with Crippen LogP contribution >= 0.6 is 0 Å². The van der Waals surface area contributed by atoms with Gasteiger partial charge in [0.2, 0.25) is 5.91 Å². The quantitative estimate of drug-likeness (QED) is 0.758. The maximum absolute atomic E-state index is 12.4. The summed E-state index contributed by atoms with van der Waals surface area (Å²) in [6, 6.07) is 9.63. The zero-order chi connectivity index (χ0) is 21.8. The third-order valence-corrected chi connectivity index (χ3v) is 5.53. The standard InChI is InChI=1S/C23H31N5O3/c1-16(2)23-25-17(3)12-21(26-23)28-10-8-27(9-11-28)14-22(29)24-13-18-15-30-19-6-4-5-7-20(19)31-18/h4-7,12,16,18H,8-11,13-15H2,1-3H3,(H,24,29). The van der Waals surface area contributed by atoms with E-state index in [0.29, 0.717) is 25.6 Å². The fourth-order valence-electron chi connectivity index (χ4n) is 3.78. The number of para-hydroxylation sites is 2. The van der Waals surface area contributed by atoms with Crippen molar-refractivity contribution < 1.29 is 14.3 Å². The van der Waals surface area contributed by atoms with Crippen molar-refractivity contribution in [3.8, 4) is 11.5 Å². The number of nitrogens with zero attached hydrogens (tertiary/aromatic N) is 4. The van der Waals surface area contributed by atoms with Crippen LogP contribution in [0.1, 0.15) is 31.3 Å². The van der Waals surface area contributed by atoms with E-state index >= 15 is 0 Å². The summed E-state index contributed by atoms with van der Waals surface area (Å²) in [6.07, 6.45) is -0.174. The number of carbonyl (C=O) groups excluding carboxylic acids is 1. The Bertz CT molecular complexity index is 912. The molecule has 1 N–H and O–H groups in total. The smallest absolute Gasteiger partial charge is 0.234 e. The molecule has 1 unspecified atom stereocenters. The maximum Gasteiger partial charge on any atom is 0.234 e. The average molecular weight is 426 g/mol. The van der Waals surface area contributed by atoms with E-state index in [9.17, 15) is 4.79 Å². The molecule has 166 valence electrons. The van der Waals surface area contributed by atoms with Crippen LogP contribution < -0.4 is 19.7 Å². The number of nitrogens with one attached hydrogen (secondary N) is 1. The zero-order valence-corrected chi connectivity index (χ0v) is 18.5. The highest BCUT2D eigenvalue weighted by Crippen LogP contribution is 2.30. The molecule has 2 aromatic rings. The van der Waals surface area contributed by atoms with Crippen molar-refractivity contribution in [1.29, 1.82) is 0 Å². The van der Waals surface area contributed by atoms with Crippen LogP contribution in [0.2, 0.25) is 0 Å². The number of ether oxygens (including phenoxy) is 2. The lowest BCUT2D eigenvalue weighted by atomic mass is 10.2. The molecule has 1 aromatic carbocycles. The molecule has 0 saturated carbocycles. The molecule has 3 heterocycles. The first-order valence-corrected chi connectivity index (χ1v) is 11.0. The molecule has 2 aliphatic rings. The van der Waals surface area contributed by atoms with E-state index in [1.807, 2.05) is 37.3 Å². The SMILES string of the molecule is Cc1cc(N2CCN(CC(=O)NCC3COc4ccccc4O3)CC2)nc(C(C)C)n1. The number of hydrogen-bond acceptors (Lipinski definition) is 7. The third-order valence-electron chi connectivity index (χ3n) is 5.53. The van der Waals surface area contributed by atoms with Gasteiger partial charge in [-0.05, 0) is 19.1 Å². The van der Waals surface area contributed by atoms with Crippen molar-refractivity contribution >= 4 is 11.7 Å². The van der Waals surface area contributed by atoms with E-state index in [2.05, 4.69) is 33.9 Å². The van der Waals surface area contributed by atoms with Gasteiger partial charge in [-0.1, -0.05) is 26.0 Å². The van der Waals surface area contributed by atoms with Gasteiger partial charge < -0.3 is 19.7 Å². The van der Waals surface area contributed by atoms with Gasteiger partial charge in [0.05, 0.1) is 13.1 Å². The number of benzene rings is 1. The molecule has 1 atom stereocenters. The second kappa shape index (κ2) is 9.51. The number of carbonyl (C=O) groups is 1. The second-order valence-electron chi connectivity index (χ2n) is 8.45. The fraction of sp³-hybridized carbons (Fsp3) is 0.522. The van der Waals surface area contributed by atoms with Crippen molar-refractivity contribution in [3.63, 3.8) is 0 Å². The van der Waals surface area contributed by atoms with Gasteiger partial charge in [-0.15, -0.1) is 0 Å². The predicted octanol–water partition coefficient (Wildman–Crippen LogP) is 1.99. The van der Waals surface area contributed by atoms with Crippen molar-refractivity contribution in [2.24, 2.45) is 0 Å². The number of anilines is 1. The second-order valence-corrected chi connectivity index (χ2v) is 8.45. The summed E-state index contributed by atoms with van der Waals surface area (Å²) in [5, 5.41) is 2.98. The van der Waals surface area contributed by atoms with E-state index in [-0.39, 0.29) is 12.0 Å². The Balaban J connectivity index is 1.22. The molecule has 0 spiro atoms. The molecule has 1 aromatic heterocycles. The lowest BCUT2D eigenvalue weighted by molar-refractivity contribution is -0.122. The Kier molecular flexibility index (Phi) is 6.56. The molecular formula is C23H31N5O3. The van der Waals surface area contributed by atoms with Crippen molar-refractivity contribution in [2.45, 2.75) is 32.8 Å². The molecule has 0 radical (unpaired) electrons. The minimum Gasteiger partial charge on any atom is -0.486 e. The summed E-state index contributed by atoms with van der Waals surface area (Å²) in [6.45, 7) is 10.8. The molecule has 2 aliphatic heterocycles. The molecular weight excluding hydrogens is 394 g/mol. The summed E-state index contributed by atoms with van der Waals surface area (Å²) in [4.78, 5) is 26.2. The number of rotatable bonds is 6. The number of aromatic nitrogens is 2. The number of piperazine rings is 1. The van der Waals surface area contributed by atoms with Crippen LogP contribution in [0.3, 0.4) is 0 Å². The molecule has 8 nitrogen and oxygen atoms in total. The van der Waals surface area contributed by atoms with Crippen molar-refractivity contribution in [2.75, 3.05) is 50.8 Å². The highest BCUT2D eigenvalue weighted by molar-refractivity contribution is 5.78. The molecule has 1 saturated heterocycles. The predicted molar refractivity (Wildman–Crippen MR) is 119 cm³/mol. The number of amides is 1. The van der Waals surface area contributed by atoms with E-state index < -0.39 is 0 Å². The van der Waals surface area contributed by atoms with E-state index in [1.54, 1.807) is 0 Å². The molecule has 0 aliphatic carbocycles. The minimum absolute atomic E-state index is 0.0101. The maximum atomic E-state index is 12.4. The Labute approximate surface area is 183 Å². The summed E-state index contributed by atoms with van der Waals surface area (Å²) in [5.74, 6) is 3.65. The monoisotopic (exact) mass is 425 g/mol. The summed E-state index contributed by atoms with van der Waals surface area (Å²) in [7, 11) is 0. The molecule has 8 heteroatoms. The van der Waals surface area contributed by atoms with Crippen LogP contribution in [0.25, 0.3) is 0 Å². The first-order chi connectivity index (χ1) is 15.0.